The minimum Gasteiger partial charge on any atom is -0.460 e. The van der Waals surface area contributed by atoms with Crippen LogP contribution in [0.3, 0.4) is 0 Å². The SMILES string of the molecule is CCNC1=N[C@@H]2[C@H](OCc3ccccc3)[C@@H](OCc3ccccc3)[C@H](COCc3ccccc3)C[C@H]2O1. The van der Waals surface area contributed by atoms with E-state index in [1.807, 2.05) is 61.5 Å². The summed E-state index contributed by atoms with van der Waals surface area (Å²) in [4.78, 5) is 4.90. The van der Waals surface area contributed by atoms with E-state index in [0.717, 1.165) is 29.7 Å². The topological polar surface area (TPSA) is 61.3 Å². The summed E-state index contributed by atoms with van der Waals surface area (Å²) < 4.78 is 25.7. The first-order valence-corrected chi connectivity index (χ1v) is 13.2. The number of hydrogen-bond donors (Lipinski definition) is 1. The van der Waals surface area contributed by atoms with Crippen molar-refractivity contribution in [3.05, 3.63) is 108 Å². The van der Waals surface area contributed by atoms with Gasteiger partial charge in [-0.05, 0) is 30.0 Å². The van der Waals surface area contributed by atoms with Crippen LogP contribution in [0.1, 0.15) is 30.0 Å². The summed E-state index contributed by atoms with van der Waals surface area (Å²) in [5.74, 6) is 0.102. The number of hydrogen-bond acceptors (Lipinski definition) is 6. The van der Waals surface area contributed by atoms with E-state index in [2.05, 4.69) is 41.7 Å². The first kappa shape index (κ1) is 25.5. The molecule has 1 saturated carbocycles. The van der Waals surface area contributed by atoms with Crippen LogP contribution in [0.25, 0.3) is 0 Å². The van der Waals surface area contributed by atoms with Crippen LogP contribution in [0, 0.1) is 5.92 Å². The second-order valence-corrected chi connectivity index (χ2v) is 9.63. The molecule has 6 heteroatoms. The molecule has 1 N–H and O–H groups in total. The van der Waals surface area contributed by atoms with Crippen LogP contribution in [0.15, 0.2) is 96.0 Å². The number of amidine groups is 1. The van der Waals surface area contributed by atoms with Crippen molar-refractivity contribution < 1.29 is 18.9 Å². The van der Waals surface area contributed by atoms with Gasteiger partial charge in [-0.25, -0.2) is 4.99 Å². The van der Waals surface area contributed by atoms with Gasteiger partial charge in [0.15, 0.2) is 0 Å². The van der Waals surface area contributed by atoms with Crippen molar-refractivity contribution in [2.75, 3.05) is 13.2 Å². The molecule has 194 valence electrons. The second kappa shape index (κ2) is 12.9. The molecule has 3 aromatic rings. The van der Waals surface area contributed by atoms with E-state index in [4.69, 9.17) is 23.9 Å². The Kier molecular flexibility index (Phi) is 8.85. The molecule has 0 saturated heterocycles. The lowest BCUT2D eigenvalue weighted by Gasteiger charge is -2.42. The molecule has 0 bridgehead atoms. The molecule has 0 aromatic heterocycles. The van der Waals surface area contributed by atoms with E-state index in [1.54, 1.807) is 0 Å². The maximum Gasteiger partial charge on any atom is 0.285 e. The fraction of sp³-hybridized carbons (Fsp3) is 0.387. The third-order valence-electron chi connectivity index (χ3n) is 6.91. The van der Waals surface area contributed by atoms with Gasteiger partial charge in [-0.1, -0.05) is 91.0 Å². The zero-order valence-electron chi connectivity index (χ0n) is 21.4. The molecule has 5 atom stereocenters. The van der Waals surface area contributed by atoms with Gasteiger partial charge in [0.05, 0.1) is 32.5 Å². The normalized spacial score (nSPS) is 24.7. The second-order valence-electron chi connectivity index (χ2n) is 9.63. The standard InChI is InChI=1S/C31H36N2O4/c1-2-32-31-33-28-27(37-31)18-26(22-34-19-23-12-6-3-7-13-23)29(35-20-24-14-8-4-9-15-24)30(28)36-21-25-16-10-5-11-17-25/h3-17,26-30H,2,18-22H2,1H3,(H,32,33)/t26-,27+,28-,29-,30-/m0/s1. The minimum atomic E-state index is -0.260. The maximum absolute atomic E-state index is 6.64. The Bertz CT molecular complexity index is 1110. The van der Waals surface area contributed by atoms with Crippen LogP contribution in [-0.2, 0) is 38.8 Å². The van der Waals surface area contributed by atoms with Crippen molar-refractivity contribution in [2.24, 2.45) is 10.9 Å². The van der Waals surface area contributed by atoms with Gasteiger partial charge in [-0.15, -0.1) is 0 Å². The molecule has 0 unspecified atom stereocenters. The molecule has 1 heterocycles. The Morgan fingerprint density at radius 3 is 1.86 bits per heavy atom. The van der Waals surface area contributed by atoms with E-state index >= 15 is 0 Å². The van der Waals surface area contributed by atoms with Crippen molar-refractivity contribution >= 4 is 6.02 Å². The van der Waals surface area contributed by atoms with E-state index in [1.165, 1.54) is 0 Å². The zero-order valence-corrected chi connectivity index (χ0v) is 21.4. The van der Waals surface area contributed by atoms with Crippen LogP contribution in [0.4, 0.5) is 0 Å². The number of ether oxygens (including phenoxy) is 4. The fourth-order valence-electron chi connectivity index (χ4n) is 5.09. The lowest BCUT2D eigenvalue weighted by atomic mass is 9.79. The lowest BCUT2D eigenvalue weighted by Crippen LogP contribution is -2.55. The number of nitrogens with one attached hydrogen (secondary N) is 1. The third-order valence-corrected chi connectivity index (χ3v) is 6.91. The molecule has 0 spiro atoms. The average molecular weight is 501 g/mol. The third kappa shape index (κ3) is 6.77. The Hall–Kier alpha value is -3.19. The quantitative estimate of drug-likeness (QED) is 0.396. The maximum atomic E-state index is 6.64. The predicted molar refractivity (Wildman–Crippen MR) is 144 cm³/mol. The summed E-state index contributed by atoms with van der Waals surface area (Å²) in [6.45, 7) is 4.92. The minimum absolute atomic E-state index is 0.0725. The molecule has 6 nitrogen and oxygen atoms in total. The van der Waals surface area contributed by atoms with E-state index in [0.29, 0.717) is 32.4 Å². The number of aliphatic imine (C=N–C) groups is 1. The first-order valence-electron chi connectivity index (χ1n) is 13.2. The van der Waals surface area contributed by atoms with Gasteiger partial charge in [-0.3, -0.25) is 0 Å². The molecule has 5 rings (SSSR count). The highest BCUT2D eigenvalue weighted by Gasteiger charge is 2.50. The average Bonchev–Trinajstić information content (AvgIpc) is 3.35. The molecule has 0 amide bonds. The zero-order chi connectivity index (χ0) is 25.3. The summed E-state index contributed by atoms with van der Waals surface area (Å²) in [6.07, 6.45) is 0.276. The molecule has 3 aromatic carbocycles. The van der Waals surface area contributed by atoms with Crippen molar-refractivity contribution in [1.82, 2.24) is 5.32 Å². The molecule has 1 fully saturated rings. The highest BCUT2D eigenvalue weighted by Crippen LogP contribution is 2.37. The number of rotatable bonds is 11. The van der Waals surface area contributed by atoms with Crippen LogP contribution >= 0.6 is 0 Å². The van der Waals surface area contributed by atoms with Gasteiger partial charge < -0.3 is 24.3 Å². The van der Waals surface area contributed by atoms with Crippen LogP contribution in [0.2, 0.25) is 0 Å². The molecule has 2 aliphatic rings. The lowest BCUT2D eigenvalue weighted by molar-refractivity contribution is -0.162. The van der Waals surface area contributed by atoms with Crippen molar-refractivity contribution in [3.63, 3.8) is 0 Å². The Balaban J connectivity index is 1.36. The van der Waals surface area contributed by atoms with Crippen molar-refractivity contribution in [3.8, 4) is 0 Å². The van der Waals surface area contributed by atoms with Gasteiger partial charge in [0.1, 0.15) is 18.2 Å². The first-order chi connectivity index (χ1) is 18.3. The monoisotopic (exact) mass is 500 g/mol. The largest absolute Gasteiger partial charge is 0.460 e. The molecule has 0 radical (unpaired) electrons. The number of benzene rings is 3. The van der Waals surface area contributed by atoms with Crippen molar-refractivity contribution in [1.29, 1.82) is 0 Å². The van der Waals surface area contributed by atoms with Gasteiger partial charge >= 0.3 is 0 Å². The van der Waals surface area contributed by atoms with Crippen LogP contribution < -0.4 is 5.32 Å². The number of nitrogens with zero attached hydrogens (tertiary/aromatic N) is 1. The Morgan fingerprint density at radius 1 is 0.757 bits per heavy atom. The van der Waals surface area contributed by atoms with Gasteiger partial charge in [-0.2, -0.15) is 0 Å². The fourth-order valence-corrected chi connectivity index (χ4v) is 5.09. The Morgan fingerprint density at radius 2 is 1.30 bits per heavy atom. The van der Waals surface area contributed by atoms with Crippen molar-refractivity contribution in [2.45, 2.75) is 57.5 Å². The summed E-state index contributed by atoms with van der Waals surface area (Å²) >= 11 is 0. The van der Waals surface area contributed by atoms with Crippen LogP contribution in [0.5, 0.6) is 0 Å². The summed E-state index contributed by atoms with van der Waals surface area (Å²) in [7, 11) is 0. The van der Waals surface area contributed by atoms with Gasteiger partial charge in [0.25, 0.3) is 6.02 Å². The van der Waals surface area contributed by atoms with Gasteiger partial charge in [0, 0.05) is 12.5 Å². The van der Waals surface area contributed by atoms with E-state index in [9.17, 15) is 0 Å². The van der Waals surface area contributed by atoms with Gasteiger partial charge in [0.2, 0.25) is 0 Å². The van der Waals surface area contributed by atoms with E-state index < -0.39 is 0 Å². The summed E-state index contributed by atoms with van der Waals surface area (Å²) in [5, 5.41) is 3.25. The predicted octanol–water partition coefficient (Wildman–Crippen LogP) is 5.13. The molecular weight excluding hydrogens is 464 g/mol. The van der Waals surface area contributed by atoms with Crippen LogP contribution in [-0.4, -0.2) is 43.5 Å². The Labute approximate surface area is 219 Å². The molecular formula is C31H36N2O4. The molecule has 1 aliphatic heterocycles. The van der Waals surface area contributed by atoms with E-state index in [-0.39, 0.29) is 30.3 Å². The summed E-state index contributed by atoms with van der Waals surface area (Å²) in [5.41, 5.74) is 3.41. The molecule has 37 heavy (non-hydrogen) atoms. The summed E-state index contributed by atoms with van der Waals surface area (Å²) in [6, 6.07) is 31.3. The smallest absolute Gasteiger partial charge is 0.285 e. The highest BCUT2D eigenvalue weighted by atomic mass is 16.6. The number of fused-ring (bicyclic) bond motifs is 1. The molecule has 1 aliphatic carbocycles. The highest BCUT2D eigenvalue weighted by molar-refractivity contribution is 5.75.